The molecule has 1 aliphatic carbocycles. The van der Waals surface area contributed by atoms with Crippen LogP contribution in [0.3, 0.4) is 0 Å². The van der Waals surface area contributed by atoms with Gasteiger partial charge in [-0.05, 0) is 25.0 Å². The van der Waals surface area contributed by atoms with Crippen molar-refractivity contribution in [1.82, 2.24) is 24.7 Å². The minimum Gasteiger partial charge on any atom is -0.262 e. The van der Waals surface area contributed by atoms with Crippen molar-refractivity contribution in [3.05, 3.63) is 36.4 Å². The second-order valence-electron chi connectivity index (χ2n) is 4.43. The van der Waals surface area contributed by atoms with Gasteiger partial charge >= 0.3 is 0 Å². The van der Waals surface area contributed by atoms with Crippen molar-refractivity contribution in [2.45, 2.75) is 24.6 Å². The van der Waals surface area contributed by atoms with Crippen LogP contribution in [0.2, 0.25) is 0 Å². The lowest BCUT2D eigenvalue weighted by Crippen LogP contribution is -2.26. The fourth-order valence-electron chi connectivity index (χ4n) is 1.67. The summed E-state index contributed by atoms with van der Waals surface area (Å²) >= 11 is 0. The van der Waals surface area contributed by atoms with Gasteiger partial charge in [0.25, 0.3) is 0 Å². The predicted octanol–water partition coefficient (Wildman–Crippen LogP) is 0.244. The molecule has 0 spiro atoms. The molecule has 1 saturated carbocycles. The molecule has 1 fully saturated rings. The summed E-state index contributed by atoms with van der Waals surface area (Å²) in [6.07, 6.45) is 6.51. The first kappa shape index (κ1) is 12.2. The summed E-state index contributed by atoms with van der Waals surface area (Å²) in [4.78, 5) is 3.99. The highest BCUT2D eigenvalue weighted by Gasteiger charge is 2.35. The summed E-state index contributed by atoms with van der Waals surface area (Å²) in [6, 6.07) is 3.65. The van der Waals surface area contributed by atoms with E-state index in [1.54, 1.807) is 29.3 Å². The van der Waals surface area contributed by atoms with E-state index in [1.807, 2.05) is 6.07 Å². The summed E-state index contributed by atoms with van der Waals surface area (Å²) in [5.74, 6) is 0. The normalized spacial score (nSPS) is 15.6. The van der Waals surface area contributed by atoms with E-state index in [4.69, 9.17) is 0 Å². The van der Waals surface area contributed by atoms with Crippen LogP contribution in [0.4, 0.5) is 0 Å². The van der Waals surface area contributed by atoms with Crippen molar-refractivity contribution in [2.75, 3.05) is 0 Å². The summed E-state index contributed by atoms with van der Waals surface area (Å²) in [5, 5.41) is 7.65. The summed E-state index contributed by atoms with van der Waals surface area (Å²) in [7, 11) is -3.18. The van der Waals surface area contributed by atoms with Crippen LogP contribution in [0.5, 0.6) is 0 Å². The van der Waals surface area contributed by atoms with E-state index in [0.717, 1.165) is 18.5 Å². The Hall–Kier alpha value is -1.80. The van der Waals surface area contributed by atoms with E-state index in [1.165, 1.54) is 0 Å². The number of hydrogen-bond acceptors (Lipinski definition) is 5. The molecule has 0 radical (unpaired) electrons. The van der Waals surface area contributed by atoms with Crippen molar-refractivity contribution in [3.8, 4) is 5.69 Å². The van der Waals surface area contributed by atoms with Crippen molar-refractivity contribution in [3.63, 3.8) is 0 Å². The van der Waals surface area contributed by atoms with Crippen LogP contribution < -0.4 is 4.72 Å². The Balaban J connectivity index is 1.69. The third kappa shape index (κ3) is 2.79. The molecule has 0 saturated heterocycles. The quantitative estimate of drug-likeness (QED) is 0.847. The largest absolute Gasteiger partial charge is 0.262 e. The molecular formula is C11H13N5O2S. The van der Waals surface area contributed by atoms with Crippen LogP contribution in [-0.2, 0) is 16.6 Å². The Kier molecular flexibility index (Phi) is 3.03. The first-order chi connectivity index (χ1) is 9.15. The van der Waals surface area contributed by atoms with Gasteiger partial charge in [0, 0.05) is 6.20 Å². The van der Waals surface area contributed by atoms with Gasteiger partial charge in [0.15, 0.2) is 0 Å². The average Bonchev–Trinajstić information content (AvgIpc) is 3.18. The highest BCUT2D eigenvalue weighted by molar-refractivity contribution is 7.90. The Morgan fingerprint density at radius 2 is 2.26 bits per heavy atom. The lowest BCUT2D eigenvalue weighted by atomic mass is 10.4. The molecule has 0 aromatic carbocycles. The molecule has 8 heteroatoms. The average molecular weight is 279 g/mol. The van der Waals surface area contributed by atoms with E-state index in [0.29, 0.717) is 5.69 Å². The molecule has 1 aliphatic rings. The number of sulfonamides is 1. The zero-order valence-corrected chi connectivity index (χ0v) is 10.9. The lowest BCUT2D eigenvalue weighted by Gasteiger charge is -2.01. The molecular weight excluding hydrogens is 266 g/mol. The first-order valence-corrected chi connectivity index (χ1v) is 7.50. The Morgan fingerprint density at radius 1 is 1.42 bits per heavy atom. The SMILES string of the molecule is O=S(=O)(NCc1cn(-c2cccnc2)nn1)C1CC1. The number of hydrogen-bond donors (Lipinski definition) is 1. The second-order valence-corrected chi connectivity index (χ2v) is 6.48. The van der Waals surface area contributed by atoms with Gasteiger partial charge in [0.05, 0.1) is 35.6 Å². The third-order valence-corrected chi connectivity index (χ3v) is 4.76. The minimum atomic E-state index is -3.18. The van der Waals surface area contributed by atoms with E-state index < -0.39 is 10.0 Å². The summed E-state index contributed by atoms with van der Waals surface area (Å²) in [5.41, 5.74) is 1.36. The molecule has 7 nitrogen and oxygen atoms in total. The van der Waals surface area contributed by atoms with E-state index in [2.05, 4.69) is 20.0 Å². The van der Waals surface area contributed by atoms with Gasteiger partial charge in [0.2, 0.25) is 10.0 Å². The van der Waals surface area contributed by atoms with E-state index in [9.17, 15) is 8.42 Å². The molecule has 0 aliphatic heterocycles. The maximum Gasteiger partial charge on any atom is 0.214 e. The zero-order chi connectivity index (χ0) is 13.3. The van der Waals surface area contributed by atoms with Crippen LogP contribution in [0, 0.1) is 0 Å². The zero-order valence-electron chi connectivity index (χ0n) is 10.1. The fraction of sp³-hybridized carbons (Fsp3) is 0.364. The van der Waals surface area contributed by atoms with Crippen LogP contribution >= 0.6 is 0 Å². The summed E-state index contributed by atoms with van der Waals surface area (Å²) < 4.78 is 27.4. The molecule has 0 atom stereocenters. The van der Waals surface area contributed by atoms with Gasteiger partial charge in [-0.3, -0.25) is 4.98 Å². The molecule has 2 aromatic heterocycles. The number of nitrogens with zero attached hydrogens (tertiary/aromatic N) is 4. The third-order valence-electron chi connectivity index (χ3n) is 2.87. The molecule has 2 heterocycles. The molecule has 19 heavy (non-hydrogen) atoms. The predicted molar refractivity (Wildman–Crippen MR) is 67.9 cm³/mol. The van der Waals surface area contributed by atoms with Gasteiger partial charge in [-0.25, -0.2) is 17.8 Å². The van der Waals surface area contributed by atoms with Crippen LogP contribution in [0.25, 0.3) is 5.69 Å². The fourth-order valence-corrected chi connectivity index (χ4v) is 3.01. The molecule has 100 valence electrons. The first-order valence-electron chi connectivity index (χ1n) is 5.95. The van der Waals surface area contributed by atoms with Crippen molar-refractivity contribution < 1.29 is 8.42 Å². The molecule has 2 aromatic rings. The highest BCUT2D eigenvalue weighted by Crippen LogP contribution is 2.27. The topological polar surface area (TPSA) is 89.8 Å². The van der Waals surface area contributed by atoms with Gasteiger partial charge in [-0.2, -0.15) is 0 Å². The Bertz CT molecular complexity index is 663. The highest BCUT2D eigenvalue weighted by atomic mass is 32.2. The Morgan fingerprint density at radius 3 is 2.95 bits per heavy atom. The van der Waals surface area contributed by atoms with E-state index in [-0.39, 0.29) is 11.8 Å². The van der Waals surface area contributed by atoms with Crippen LogP contribution in [0.1, 0.15) is 18.5 Å². The van der Waals surface area contributed by atoms with Crippen molar-refractivity contribution >= 4 is 10.0 Å². The van der Waals surface area contributed by atoms with Crippen molar-refractivity contribution in [1.29, 1.82) is 0 Å². The standard InChI is InChI=1S/C11H13N5O2S/c17-19(18,11-3-4-11)13-6-9-8-16(15-14-9)10-2-1-5-12-7-10/h1-2,5,7-8,11,13H,3-4,6H2. The van der Waals surface area contributed by atoms with Gasteiger partial charge in [0.1, 0.15) is 0 Å². The molecule has 0 unspecified atom stereocenters. The van der Waals surface area contributed by atoms with Gasteiger partial charge < -0.3 is 0 Å². The van der Waals surface area contributed by atoms with Gasteiger partial charge in [-0.15, -0.1) is 5.10 Å². The second kappa shape index (κ2) is 4.71. The maximum atomic E-state index is 11.7. The molecule has 1 N–H and O–H groups in total. The molecule has 0 bridgehead atoms. The lowest BCUT2D eigenvalue weighted by molar-refractivity contribution is 0.579. The van der Waals surface area contributed by atoms with Crippen LogP contribution in [0.15, 0.2) is 30.7 Å². The minimum absolute atomic E-state index is 0.166. The van der Waals surface area contributed by atoms with E-state index >= 15 is 0 Å². The monoisotopic (exact) mass is 279 g/mol. The molecule has 3 rings (SSSR count). The van der Waals surface area contributed by atoms with Crippen LogP contribution in [-0.4, -0.2) is 33.6 Å². The maximum absolute atomic E-state index is 11.7. The summed E-state index contributed by atoms with van der Waals surface area (Å²) in [6.45, 7) is 0.166. The number of rotatable bonds is 5. The number of nitrogens with one attached hydrogen (secondary N) is 1. The smallest absolute Gasteiger partial charge is 0.214 e. The molecule has 0 amide bonds. The number of aromatic nitrogens is 4. The van der Waals surface area contributed by atoms with Gasteiger partial charge in [-0.1, -0.05) is 5.21 Å². The Labute approximate surface area is 110 Å². The van der Waals surface area contributed by atoms with Crippen molar-refractivity contribution in [2.24, 2.45) is 0 Å². The number of pyridine rings is 1.